The molecule has 3 aromatic rings. The Labute approximate surface area is 119 Å². The van der Waals surface area contributed by atoms with Gasteiger partial charge < -0.3 is 4.42 Å². The monoisotopic (exact) mass is 288 g/mol. The number of hydrogen-bond donors (Lipinski definition) is 0. The van der Waals surface area contributed by atoms with E-state index < -0.39 is 0 Å². The maximum Gasteiger partial charge on any atom is 0.198 e. The molecule has 102 valence electrons. The number of carbonyl (C=O) groups is 1. The SMILES string of the molecule is O=C(CCCc1cccs1)c1cc2cc(F)ccc2o1. The largest absolute Gasteiger partial charge is 0.453 e. The lowest BCUT2D eigenvalue weighted by Crippen LogP contribution is -1.97. The van der Waals surface area contributed by atoms with Crippen molar-refractivity contribution in [2.75, 3.05) is 0 Å². The summed E-state index contributed by atoms with van der Waals surface area (Å²) in [5.74, 6) is -0.0371. The van der Waals surface area contributed by atoms with Gasteiger partial charge in [-0.3, -0.25) is 4.79 Å². The van der Waals surface area contributed by atoms with Gasteiger partial charge in [-0.25, -0.2) is 4.39 Å². The van der Waals surface area contributed by atoms with Gasteiger partial charge in [0.1, 0.15) is 11.4 Å². The van der Waals surface area contributed by atoms with E-state index in [2.05, 4.69) is 6.07 Å². The first kappa shape index (κ1) is 13.1. The smallest absolute Gasteiger partial charge is 0.198 e. The van der Waals surface area contributed by atoms with E-state index in [1.165, 1.54) is 17.0 Å². The summed E-state index contributed by atoms with van der Waals surface area (Å²) in [6.07, 6.45) is 2.14. The van der Waals surface area contributed by atoms with E-state index in [0.717, 1.165) is 12.8 Å². The average molecular weight is 288 g/mol. The highest BCUT2D eigenvalue weighted by Crippen LogP contribution is 2.22. The molecule has 0 atom stereocenters. The number of hydrogen-bond acceptors (Lipinski definition) is 3. The van der Waals surface area contributed by atoms with Crippen molar-refractivity contribution < 1.29 is 13.6 Å². The molecule has 0 aliphatic rings. The van der Waals surface area contributed by atoms with E-state index in [-0.39, 0.29) is 11.6 Å². The van der Waals surface area contributed by atoms with Crippen molar-refractivity contribution in [3.63, 3.8) is 0 Å². The van der Waals surface area contributed by atoms with E-state index in [1.54, 1.807) is 23.5 Å². The predicted molar refractivity (Wildman–Crippen MR) is 77.8 cm³/mol. The first-order valence-electron chi connectivity index (χ1n) is 6.47. The topological polar surface area (TPSA) is 30.2 Å². The maximum absolute atomic E-state index is 13.1. The third-order valence-corrected chi connectivity index (χ3v) is 4.10. The van der Waals surface area contributed by atoms with E-state index in [0.29, 0.717) is 23.2 Å². The Morgan fingerprint density at radius 3 is 2.95 bits per heavy atom. The van der Waals surface area contributed by atoms with Gasteiger partial charge >= 0.3 is 0 Å². The molecule has 4 heteroatoms. The minimum Gasteiger partial charge on any atom is -0.453 e. The maximum atomic E-state index is 13.1. The highest BCUT2D eigenvalue weighted by molar-refractivity contribution is 7.09. The minimum absolute atomic E-state index is 0.0295. The molecule has 2 aromatic heterocycles. The van der Waals surface area contributed by atoms with E-state index in [9.17, 15) is 9.18 Å². The number of Topliss-reactive ketones (excluding diaryl/α,β-unsaturated/α-hetero) is 1. The van der Waals surface area contributed by atoms with Gasteiger partial charge in [-0.1, -0.05) is 6.07 Å². The van der Waals surface area contributed by atoms with Gasteiger partial charge in [0, 0.05) is 16.7 Å². The lowest BCUT2D eigenvalue weighted by Gasteiger charge is -1.96. The number of thiophene rings is 1. The molecule has 20 heavy (non-hydrogen) atoms. The van der Waals surface area contributed by atoms with Crippen LogP contribution in [0.15, 0.2) is 46.2 Å². The molecule has 0 saturated heterocycles. The third-order valence-electron chi connectivity index (χ3n) is 3.16. The van der Waals surface area contributed by atoms with Crippen LogP contribution in [0.3, 0.4) is 0 Å². The van der Waals surface area contributed by atoms with E-state index in [1.807, 2.05) is 11.4 Å². The standard InChI is InChI=1S/C16H13FO2S/c17-12-6-7-15-11(9-12)10-16(19-15)14(18)5-1-3-13-4-2-8-20-13/h2,4,6-10H,1,3,5H2. The van der Waals surface area contributed by atoms with Crippen LogP contribution < -0.4 is 0 Å². The van der Waals surface area contributed by atoms with E-state index >= 15 is 0 Å². The Balaban J connectivity index is 1.66. The molecule has 0 unspecified atom stereocenters. The molecular weight excluding hydrogens is 275 g/mol. The fraction of sp³-hybridized carbons (Fsp3) is 0.188. The third kappa shape index (κ3) is 2.80. The van der Waals surface area contributed by atoms with Crippen LogP contribution in [0.2, 0.25) is 0 Å². The van der Waals surface area contributed by atoms with Crippen molar-refractivity contribution in [1.29, 1.82) is 0 Å². The van der Waals surface area contributed by atoms with Crippen LogP contribution in [0.1, 0.15) is 28.3 Å². The van der Waals surface area contributed by atoms with Crippen molar-refractivity contribution in [3.8, 4) is 0 Å². The second-order valence-corrected chi connectivity index (χ2v) is 5.68. The molecule has 0 spiro atoms. The highest BCUT2D eigenvalue weighted by Gasteiger charge is 2.12. The van der Waals surface area contributed by atoms with Gasteiger partial charge in [0.05, 0.1) is 0 Å². The van der Waals surface area contributed by atoms with Crippen molar-refractivity contribution in [2.45, 2.75) is 19.3 Å². The average Bonchev–Trinajstić information content (AvgIpc) is 3.06. The lowest BCUT2D eigenvalue weighted by molar-refractivity contribution is 0.0955. The van der Waals surface area contributed by atoms with Crippen molar-refractivity contribution in [3.05, 3.63) is 58.2 Å². The normalized spacial score (nSPS) is 11.1. The summed E-state index contributed by atoms with van der Waals surface area (Å²) >= 11 is 1.70. The second kappa shape index (κ2) is 5.59. The molecular formula is C16H13FO2S. The van der Waals surface area contributed by atoms with Crippen LogP contribution in [0.25, 0.3) is 11.0 Å². The quantitative estimate of drug-likeness (QED) is 0.629. The highest BCUT2D eigenvalue weighted by atomic mass is 32.1. The number of carbonyl (C=O) groups excluding carboxylic acids is 1. The number of fused-ring (bicyclic) bond motifs is 1. The van der Waals surface area contributed by atoms with Gasteiger partial charge in [0.25, 0.3) is 0 Å². The first-order valence-corrected chi connectivity index (χ1v) is 7.35. The Hall–Kier alpha value is -1.94. The number of aryl methyl sites for hydroxylation is 1. The molecule has 0 bridgehead atoms. The Kier molecular flexibility index (Phi) is 3.65. The Morgan fingerprint density at radius 1 is 1.25 bits per heavy atom. The number of benzene rings is 1. The molecule has 0 saturated carbocycles. The van der Waals surface area contributed by atoms with Crippen LogP contribution in [0, 0.1) is 5.82 Å². The molecule has 3 rings (SSSR count). The fourth-order valence-electron chi connectivity index (χ4n) is 2.15. The van der Waals surface area contributed by atoms with Crippen LogP contribution in [-0.2, 0) is 6.42 Å². The van der Waals surface area contributed by atoms with Gasteiger partial charge in [0.2, 0.25) is 0 Å². The van der Waals surface area contributed by atoms with Crippen LogP contribution >= 0.6 is 11.3 Å². The zero-order chi connectivity index (χ0) is 13.9. The molecule has 0 aliphatic heterocycles. The molecule has 0 aliphatic carbocycles. The summed E-state index contributed by atoms with van der Waals surface area (Å²) in [5, 5.41) is 2.66. The lowest BCUT2D eigenvalue weighted by atomic mass is 10.1. The van der Waals surface area contributed by atoms with Crippen LogP contribution in [0.4, 0.5) is 4.39 Å². The van der Waals surface area contributed by atoms with Gasteiger partial charge in [0.15, 0.2) is 11.5 Å². The van der Waals surface area contributed by atoms with Crippen molar-refractivity contribution in [2.24, 2.45) is 0 Å². The summed E-state index contributed by atoms with van der Waals surface area (Å²) in [4.78, 5) is 13.3. The Bertz CT molecular complexity index is 728. The van der Waals surface area contributed by atoms with Gasteiger partial charge in [-0.15, -0.1) is 11.3 Å². The summed E-state index contributed by atoms with van der Waals surface area (Å²) in [5.41, 5.74) is 0.549. The molecule has 2 nitrogen and oxygen atoms in total. The molecule has 0 N–H and O–H groups in total. The number of halogens is 1. The Morgan fingerprint density at radius 2 is 2.15 bits per heavy atom. The summed E-state index contributed by atoms with van der Waals surface area (Å²) in [6.45, 7) is 0. The zero-order valence-corrected chi connectivity index (χ0v) is 11.6. The number of furan rings is 1. The van der Waals surface area contributed by atoms with Crippen molar-refractivity contribution >= 4 is 28.1 Å². The van der Waals surface area contributed by atoms with Gasteiger partial charge in [-0.2, -0.15) is 0 Å². The fourth-order valence-corrected chi connectivity index (χ4v) is 2.90. The molecule has 1 aromatic carbocycles. The first-order chi connectivity index (χ1) is 9.72. The molecule has 0 radical (unpaired) electrons. The van der Waals surface area contributed by atoms with E-state index in [4.69, 9.17) is 4.42 Å². The van der Waals surface area contributed by atoms with Crippen LogP contribution in [0.5, 0.6) is 0 Å². The predicted octanol–water partition coefficient (Wildman–Crippen LogP) is 4.84. The second-order valence-electron chi connectivity index (χ2n) is 4.65. The summed E-state index contributed by atoms with van der Waals surface area (Å²) in [7, 11) is 0. The minimum atomic E-state index is -0.324. The number of ketones is 1. The van der Waals surface area contributed by atoms with Crippen molar-refractivity contribution in [1.82, 2.24) is 0 Å². The molecule has 2 heterocycles. The number of rotatable bonds is 5. The summed E-state index contributed by atoms with van der Waals surface area (Å²) in [6, 6.07) is 9.95. The van der Waals surface area contributed by atoms with Crippen LogP contribution in [-0.4, -0.2) is 5.78 Å². The zero-order valence-electron chi connectivity index (χ0n) is 10.8. The summed E-state index contributed by atoms with van der Waals surface area (Å²) < 4.78 is 18.5. The molecule has 0 fully saturated rings. The molecule has 0 amide bonds. The van der Waals surface area contributed by atoms with Gasteiger partial charge in [-0.05, 0) is 48.6 Å².